The summed E-state index contributed by atoms with van der Waals surface area (Å²) in [7, 11) is 1.37. The summed E-state index contributed by atoms with van der Waals surface area (Å²) in [5.74, 6) is -0.332. The average Bonchev–Trinajstić information content (AvgIpc) is 2.33. The van der Waals surface area contributed by atoms with Gasteiger partial charge in [-0.3, -0.25) is 0 Å². The van der Waals surface area contributed by atoms with Crippen molar-refractivity contribution in [2.45, 2.75) is 33.8 Å². The zero-order chi connectivity index (χ0) is 14.5. The molecule has 0 N–H and O–H groups in total. The minimum Gasteiger partial charge on any atom is -0.465 e. The van der Waals surface area contributed by atoms with E-state index >= 15 is 0 Å². The molecular weight excluding hydrogens is 308 g/mol. The number of esters is 1. The molecule has 106 valence electrons. The molecule has 1 aromatic rings. The summed E-state index contributed by atoms with van der Waals surface area (Å²) in [6.07, 6.45) is 1.02. The van der Waals surface area contributed by atoms with E-state index in [1.54, 1.807) is 12.1 Å². The Labute approximate surface area is 123 Å². The van der Waals surface area contributed by atoms with Crippen molar-refractivity contribution < 1.29 is 14.3 Å². The second-order valence-electron chi connectivity index (χ2n) is 5.66. The molecule has 0 spiro atoms. The largest absolute Gasteiger partial charge is 0.465 e. The molecule has 0 aliphatic heterocycles. The summed E-state index contributed by atoms with van der Waals surface area (Å²) in [5, 5.41) is 0. The van der Waals surface area contributed by atoms with Crippen LogP contribution in [0, 0.1) is 5.41 Å². The number of hydrogen-bond acceptors (Lipinski definition) is 3. The second-order valence-corrected chi connectivity index (χ2v) is 6.52. The van der Waals surface area contributed by atoms with E-state index in [-0.39, 0.29) is 11.4 Å². The first-order valence-electron chi connectivity index (χ1n) is 6.28. The zero-order valence-electron chi connectivity index (χ0n) is 12.0. The fraction of sp³-hybridized carbons (Fsp3) is 0.533. The van der Waals surface area contributed by atoms with E-state index in [2.05, 4.69) is 41.4 Å². The van der Waals surface area contributed by atoms with E-state index in [9.17, 15) is 4.79 Å². The van der Waals surface area contributed by atoms with Crippen molar-refractivity contribution >= 4 is 21.9 Å². The van der Waals surface area contributed by atoms with E-state index in [1.165, 1.54) is 7.11 Å². The van der Waals surface area contributed by atoms with Crippen molar-refractivity contribution in [1.29, 1.82) is 0 Å². The molecular formula is C15H21BrO3. The fourth-order valence-corrected chi connectivity index (χ4v) is 1.96. The van der Waals surface area contributed by atoms with Crippen LogP contribution >= 0.6 is 15.9 Å². The lowest BCUT2D eigenvalue weighted by Crippen LogP contribution is -2.09. The first kappa shape index (κ1) is 16.2. The lowest BCUT2D eigenvalue weighted by molar-refractivity contribution is 0.0600. The van der Waals surface area contributed by atoms with Gasteiger partial charge in [0.25, 0.3) is 0 Å². The Kier molecular flexibility index (Phi) is 6.01. The second kappa shape index (κ2) is 7.06. The maximum atomic E-state index is 11.4. The quantitative estimate of drug-likeness (QED) is 0.600. The minimum absolute atomic E-state index is 0.284. The number of hydrogen-bond donors (Lipinski definition) is 0. The molecule has 0 saturated carbocycles. The third kappa shape index (κ3) is 5.74. The smallest absolute Gasteiger partial charge is 0.337 e. The van der Waals surface area contributed by atoms with Gasteiger partial charge in [0.15, 0.2) is 0 Å². The fourth-order valence-electron chi connectivity index (χ4n) is 1.47. The summed E-state index contributed by atoms with van der Waals surface area (Å²) in [6, 6.07) is 5.39. The maximum absolute atomic E-state index is 11.4. The van der Waals surface area contributed by atoms with Crippen molar-refractivity contribution in [3.63, 3.8) is 0 Å². The maximum Gasteiger partial charge on any atom is 0.337 e. The highest BCUT2D eigenvalue weighted by Gasteiger charge is 2.11. The molecule has 0 aromatic heterocycles. The first-order valence-corrected chi connectivity index (χ1v) is 7.07. The SMILES string of the molecule is COC(=O)c1ccc(COCCC(C)(C)C)c(Br)c1. The van der Waals surface area contributed by atoms with Gasteiger partial charge in [-0.1, -0.05) is 42.8 Å². The van der Waals surface area contributed by atoms with Gasteiger partial charge in [0.05, 0.1) is 19.3 Å². The Morgan fingerprint density at radius 2 is 2.00 bits per heavy atom. The Morgan fingerprint density at radius 3 is 2.53 bits per heavy atom. The normalized spacial score (nSPS) is 11.4. The number of ether oxygens (including phenoxy) is 2. The van der Waals surface area contributed by atoms with E-state index in [0.29, 0.717) is 12.2 Å². The van der Waals surface area contributed by atoms with Gasteiger partial charge in [-0.25, -0.2) is 4.79 Å². The summed E-state index contributed by atoms with van der Waals surface area (Å²) < 4.78 is 11.2. The molecule has 0 fully saturated rings. The Hall–Kier alpha value is -0.870. The summed E-state index contributed by atoms with van der Waals surface area (Å²) in [5.41, 5.74) is 1.85. The van der Waals surface area contributed by atoms with Crippen LogP contribution in [0.4, 0.5) is 0 Å². The third-order valence-corrected chi connectivity index (χ3v) is 3.47. The van der Waals surface area contributed by atoms with Gasteiger partial charge in [0.1, 0.15) is 0 Å². The van der Waals surface area contributed by atoms with Crippen LogP contribution in [0.1, 0.15) is 43.1 Å². The standard InChI is InChI=1S/C15H21BrO3/c1-15(2,3)7-8-19-10-12-6-5-11(9-13(12)16)14(17)18-4/h5-6,9H,7-8,10H2,1-4H3. The molecule has 0 unspecified atom stereocenters. The molecule has 0 radical (unpaired) electrons. The van der Waals surface area contributed by atoms with Crippen LogP contribution in [-0.4, -0.2) is 19.7 Å². The molecule has 19 heavy (non-hydrogen) atoms. The third-order valence-electron chi connectivity index (χ3n) is 2.73. The highest BCUT2D eigenvalue weighted by atomic mass is 79.9. The van der Waals surface area contributed by atoms with Crippen molar-refractivity contribution in [3.8, 4) is 0 Å². The van der Waals surface area contributed by atoms with Crippen LogP contribution < -0.4 is 0 Å². The van der Waals surface area contributed by atoms with Crippen LogP contribution in [0.2, 0.25) is 0 Å². The lowest BCUT2D eigenvalue weighted by atomic mass is 9.93. The number of methoxy groups -OCH3 is 1. The van der Waals surface area contributed by atoms with E-state index in [0.717, 1.165) is 23.1 Å². The molecule has 4 heteroatoms. The van der Waals surface area contributed by atoms with Gasteiger partial charge in [0.2, 0.25) is 0 Å². The molecule has 0 bridgehead atoms. The molecule has 1 rings (SSSR count). The van der Waals surface area contributed by atoms with Crippen LogP contribution in [-0.2, 0) is 16.1 Å². The van der Waals surface area contributed by atoms with Crippen LogP contribution in [0.5, 0.6) is 0 Å². The number of rotatable bonds is 5. The van der Waals surface area contributed by atoms with E-state index in [4.69, 9.17) is 4.74 Å². The summed E-state index contributed by atoms with van der Waals surface area (Å²) >= 11 is 3.45. The Balaban J connectivity index is 2.54. The van der Waals surface area contributed by atoms with Crippen molar-refractivity contribution in [2.24, 2.45) is 5.41 Å². The van der Waals surface area contributed by atoms with Gasteiger partial charge >= 0.3 is 5.97 Å². The molecule has 0 aliphatic carbocycles. The van der Waals surface area contributed by atoms with Gasteiger partial charge < -0.3 is 9.47 Å². The van der Waals surface area contributed by atoms with Crippen LogP contribution in [0.25, 0.3) is 0 Å². The minimum atomic E-state index is -0.332. The molecule has 1 aromatic carbocycles. The van der Waals surface area contributed by atoms with E-state index < -0.39 is 0 Å². The highest BCUT2D eigenvalue weighted by Crippen LogP contribution is 2.22. The Bertz CT molecular complexity index is 436. The number of halogens is 1. The summed E-state index contributed by atoms with van der Waals surface area (Å²) in [4.78, 5) is 11.4. The molecule has 0 amide bonds. The van der Waals surface area contributed by atoms with Crippen LogP contribution in [0.15, 0.2) is 22.7 Å². The lowest BCUT2D eigenvalue weighted by Gasteiger charge is -2.17. The monoisotopic (exact) mass is 328 g/mol. The number of carbonyl (C=O) groups is 1. The molecule has 3 nitrogen and oxygen atoms in total. The average molecular weight is 329 g/mol. The zero-order valence-corrected chi connectivity index (χ0v) is 13.5. The Morgan fingerprint density at radius 1 is 1.32 bits per heavy atom. The predicted octanol–water partition coefficient (Wildman–Crippen LogP) is 4.19. The number of carbonyl (C=O) groups excluding carboxylic acids is 1. The summed E-state index contributed by atoms with van der Waals surface area (Å²) in [6.45, 7) is 7.85. The molecule has 0 atom stereocenters. The molecule has 0 saturated heterocycles. The topological polar surface area (TPSA) is 35.5 Å². The van der Waals surface area contributed by atoms with Gasteiger partial charge in [-0.05, 0) is 29.5 Å². The highest BCUT2D eigenvalue weighted by molar-refractivity contribution is 9.10. The van der Waals surface area contributed by atoms with E-state index in [1.807, 2.05) is 6.07 Å². The molecule has 0 aliphatic rings. The van der Waals surface area contributed by atoms with Crippen LogP contribution in [0.3, 0.4) is 0 Å². The van der Waals surface area contributed by atoms with Gasteiger partial charge in [0, 0.05) is 11.1 Å². The predicted molar refractivity (Wildman–Crippen MR) is 79.2 cm³/mol. The van der Waals surface area contributed by atoms with Crippen molar-refractivity contribution in [2.75, 3.05) is 13.7 Å². The van der Waals surface area contributed by atoms with Crippen molar-refractivity contribution in [1.82, 2.24) is 0 Å². The van der Waals surface area contributed by atoms with Gasteiger partial charge in [-0.2, -0.15) is 0 Å². The van der Waals surface area contributed by atoms with Crippen molar-refractivity contribution in [3.05, 3.63) is 33.8 Å². The first-order chi connectivity index (χ1) is 8.83. The van der Waals surface area contributed by atoms with Gasteiger partial charge in [-0.15, -0.1) is 0 Å². The number of benzene rings is 1. The molecule has 0 heterocycles.